The van der Waals surface area contributed by atoms with Gasteiger partial charge in [-0.05, 0) is 48.1 Å². The number of benzene rings is 1. The van der Waals surface area contributed by atoms with Crippen LogP contribution in [0.2, 0.25) is 0 Å². The quantitative estimate of drug-likeness (QED) is 0.748. The minimum atomic E-state index is -0.269. The highest BCUT2D eigenvalue weighted by molar-refractivity contribution is 5.89. The molecule has 6 heteroatoms. The molecule has 112 valence electrons. The average molecular weight is 295 g/mol. The molecule has 2 aliphatic rings. The Balaban J connectivity index is 0.000000128. The summed E-state index contributed by atoms with van der Waals surface area (Å²) in [5, 5.41) is 16.5. The van der Waals surface area contributed by atoms with Crippen LogP contribution in [0.15, 0.2) is 65.2 Å². The van der Waals surface area contributed by atoms with Gasteiger partial charge >= 0.3 is 0 Å². The number of carbonyl (C=O) groups is 1. The van der Waals surface area contributed by atoms with Crippen LogP contribution < -0.4 is 0 Å². The second kappa shape index (κ2) is 9.23. The first kappa shape index (κ1) is 15.6. The molecule has 1 amide bonds. The maximum atomic E-state index is 9.90. The molecule has 0 N–H and O–H groups in total. The minimum Gasteiger partial charge on any atom is -0.266 e. The predicted octanol–water partition coefficient (Wildman–Crippen LogP) is 2.93. The SMILES string of the molecule is O=C1C=CN=N1.c1ccc2c(c1)CCCC2.c1cnnnc1. The van der Waals surface area contributed by atoms with E-state index in [1.165, 1.54) is 38.0 Å². The number of azo groups is 1. The lowest BCUT2D eigenvalue weighted by Gasteiger charge is -2.13. The highest BCUT2D eigenvalue weighted by Crippen LogP contribution is 2.19. The topological polar surface area (TPSA) is 80.5 Å². The fraction of sp³-hybridized carbons (Fsp3) is 0.250. The van der Waals surface area contributed by atoms with E-state index in [0.29, 0.717) is 0 Å². The van der Waals surface area contributed by atoms with Crippen LogP contribution in [0.5, 0.6) is 0 Å². The normalized spacial score (nSPS) is 14.3. The summed E-state index contributed by atoms with van der Waals surface area (Å²) in [5.74, 6) is -0.269. The average Bonchev–Trinajstić information content (AvgIpc) is 3.09. The Bertz CT molecular complexity index is 574. The second-order valence-corrected chi connectivity index (χ2v) is 4.66. The summed E-state index contributed by atoms with van der Waals surface area (Å²) in [7, 11) is 0. The van der Waals surface area contributed by atoms with Crippen molar-refractivity contribution in [2.24, 2.45) is 10.2 Å². The van der Waals surface area contributed by atoms with Crippen LogP contribution in [-0.2, 0) is 17.6 Å². The molecule has 4 rings (SSSR count). The molecule has 0 spiro atoms. The first-order chi connectivity index (χ1) is 10.9. The molecule has 0 unspecified atom stereocenters. The van der Waals surface area contributed by atoms with Crippen LogP contribution in [0.25, 0.3) is 0 Å². The van der Waals surface area contributed by atoms with Crippen molar-refractivity contribution in [1.82, 2.24) is 15.4 Å². The number of nitrogens with zero attached hydrogens (tertiary/aromatic N) is 5. The van der Waals surface area contributed by atoms with Crippen molar-refractivity contribution >= 4 is 5.91 Å². The molecule has 0 saturated heterocycles. The first-order valence-corrected chi connectivity index (χ1v) is 7.13. The van der Waals surface area contributed by atoms with E-state index in [4.69, 9.17) is 0 Å². The van der Waals surface area contributed by atoms with E-state index >= 15 is 0 Å². The number of aromatic nitrogens is 3. The molecule has 0 bridgehead atoms. The molecule has 22 heavy (non-hydrogen) atoms. The largest absolute Gasteiger partial charge is 0.289 e. The van der Waals surface area contributed by atoms with Crippen molar-refractivity contribution in [1.29, 1.82) is 0 Å². The van der Waals surface area contributed by atoms with Crippen molar-refractivity contribution in [3.05, 3.63) is 66.1 Å². The summed E-state index contributed by atoms with van der Waals surface area (Å²) >= 11 is 0. The van der Waals surface area contributed by atoms with Gasteiger partial charge in [0.15, 0.2) is 0 Å². The zero-order valence-electron chi connectivity index (χ0n) is 12.2. The number of amides is 1. The van der Waals surface area contributed by atoms with E-state index in [9.17, 15) is 4.79 Å². The minimum absolute atomic E-state index is 0.269. The van der Waals surface area contributed by atoms with Crippen LogP contribution in [0.1, 0.15) is 24.0 Å². The molecule has 1 aliphatic carbocycles. The van der Waals surface area contributed by atoms with Crippen LogP contribution in [-0.4, -0.2) is 21.3 Å². The summed E-state index contributed by atoms with van der Waals surface area (Å²) in [4.78, 5) is 9.90. The molecule has 0 fully saturated rings. The third-order valence-corrected chi connectivity index (χ3v) is 3.11. The summed E-state index contributed by atoms with van der Waals surface area (Å²) in [6.45, 7) is 0. The van der Waals surface area contributed by atoms with Gasteiger partial charge in [0.2, 0.25) is 0 Å². The van der Waals surface area contributed by atoms with E-state index in [1.54, 1.807) is 29.6 Å². The van der Waals surface area contributed by atoms with Crippen LogP contribution in [0.4, 0.5) is 0 Å². The van der Waals surface area contributed by atoms with Gasteiger partial charge in [-0.2, -0.15) is 5.11 Å². The Hall–Kier alpha value is -2.76. The van der Waals surface area contributed by atoms with Crippen molar-refractivity contribution in [2.75, 3.05) is 0 Å². The van der Waals surface area contributed by atoms with Crippen LogP contribution in [0, 0.1) is 0 Å². The van der Waals surface area contributed by atoms with Crippen molar-refractivity contribution in [3.63, 3.8) is 0 Å². The fourth-order valence-corrected chi connectivity index (χ4v) is 2.10. The zero-order chi connectivity index (χ0) is 15.5. The van der Waals surface area contributed by atoms with E-state index in [0.717, 1.165) is 0 Å². The maximum Gasteiger partial charge on any atom is 0.289 e. The standard InChI is InChI=1S/C10H12.C3H3N3.C3H2N2O/c1-2-6-10-8-4-3-7-9(10)5-1;1-2-4-6-5-3-1;6-3-1-2-4-5-3/h1-2,5-6H,3-4,7-8H2;1-3H;1-2H. The zero-order valence-corrected chi connectivity index (χ0v) is 12.2. The monoisotopic (exact) mass is 295 g/mol. The van der Waals surface area contributed by atoms with E-state index in [-0.39, 0.29) is 5.91 Å². The van der Waals surface area contributed by atoms with Gasteiger partial charge in [0.25, 0.3) is 5.91 Å². The lowest BCUT2D eigenvalue weighted by molar-refractivity contribution is -0.113. The maximum absolute atomic E-state index is 9.90. The van der Waals surface area contributed by atoms with Gasteiger partial charge < -0.3 is 0 Å². The molecule has 2 aromatic rings. The highest BCUT2D eigenvalue weighted by atomic mass is 16.1. The van der Waals surface area contributed by atoms with Crippen molar-refractivity contribution < 1.29 is 4.79 Å². The van der Waals surface area contributed by atoms with Gasteiger partial charge in [0.05, 0.1) is 18.6 Å². The van der Waals surface area contributed by atoms with Crippen LogP contribution >= 0.6 is 0 Å². The van der Waals surface area contributed by atoms with Gasteiger partial charge in [-0.1, -0.05) is 24.3 Å². The summed E-state index contributed by atoms with van der Waals surface area (Å²) < 4.78 is 0. The third-order valence-electron chi connectivity index (χ3n) is 3.11. The Kier molecular flexibility index (Phi) is 6.55. The smallest absolute Gasteiger partial charge is 0.266 e. The summed E-state index contributed by atoms with van der Waals surface area (Å²) in [6, 6.07) is 10.5. The van der Waals surface area contributed by atoms with E-state index < -0.39 is 0 Å². The number of carbonyl (C=O) groups excluding carboxylic acids is 1. The molecule has 0 saturated carbocycles. The van der Waals surface area contributed by atoms with Gasteiger partial charge in [0, 0.05) is 6.08 Å². The second-order valence-electron chi connectivity index (χ2n) is 4.66. The third kappa shape index (κ3) is 5.70. The highest BCUT2D eigenvalue weighted by Gasteiger charge is 2.05. The van der Waals surface area contributed by atoms with Crippen molar-refractivity contribution in [2.45, 2.75) is 25.7 Å². The molecular weight excluding hydrogens is 278 g/mol. The molecule has 0 atom stereocenters. The number of hydrogen-bond acceptors (Lipinski definition) is 5. The first-order valence-electron chi connectivity index (χ1n) is 7.13. The van der Waals surface area contributed by atoms with Gasteiger partial charge in [-0.15, -0.1) is 15.3 Å². The number of hydrogen-bond donors (Lipinski definition) is 0. The van der Waals surface area contributed by atoms with Crippen LogP contribution in [0.3, 0.4) is 0 Å². The molecule has 0 radical (unpaired) electrons. The molecular formula is C16H17N5O. The Morgan fingerprint density at radius 2 is 1.50 bits per heavy atom. The Morgan fingerprint density at radius 1 is 0.864 bits per heavy atom. The Labute approximate surface area is 129 Å². The summed E-state index contributed by atoms with van der Waals surface area (Å²) in [5.41, 5.74) is 3.16. The van der Waals surface area contributed by atoms with E-state index in [2.05, 4.69) is 49.9 Å². The van der Waals surface area contributed by atoms with Gasteiger partial charge in [-0.25, -0.2) is 0 Å². The molecule has 1 aromatic carbocycles. The fourth-order valence-electron chi connectivity index (χ4n) is 2.10. The molecule has 2 heterocycles. The number of fused-ring (bicyclic) bond motifs is 1. The summed E-state index contributed by atoms with van der Waals surface area (Å²) in [6.07, 6.45) is 11.2. The van der Waals surface area contributed by atoms with Gasteiger partial charge in [0.1, 0.15) is 0 Å². The van der Waals surface area contributed by atoms with E-state index in [1.807, 2.05) is 0 Å². The van der Waals surface area contributed by atoms with Crippen molar-refractivity contribution in [3.8, 4) is 0 Å². The number of rotatable bonds is 0. The molecule has 1 aromatic heterocycles. The predicted molar refractivity (Wildman–Crippen MR) is 81.9 cm³/mol. The lowest BCUT2D eigenvalue weighted by Crippen LogP contribution is -2.00. The lowest BCUT2D eigenvalue weighted by atomic mass is 9.92. The Morgan fingerprint density at radius 3 is 1.82 bits per heavy atom. The molecule has 1 aliphatic heterocycles. The number of aryl methyl sites for hydroxylation is 2. The van der Waals surface area contributed by atoms with Gasteiger partial charge in [-0.3, -0.25) is 4.79 Å². The molecule has 6 nitrogen and oxygen atoms in total.